The van der Waals surface area contributed by atoms with E-state index in [1.165, 1.54) is 13.1 Å². The van der Waals surface area contributed by atoms with Gasteiger partial charge in [-0.1, -0.05) is 0 Å². The Bertz CT molecular complexity index is 496. The molecule has 0 aliphatic heterocycles. The standard InChI is InChI=1S/C8H11N3O3S/c1-5-3-4-6(7(12)10-2)8(11-5)15(9,13)14/h3-4H,1-2H3,(H,10,12)(H2,9,13,14). The van der Waals surface area contributed by atoms with Crippen LogP contribution in [0.15, 0.2) is 17.2 Å². The molecule has 0 bridgehead atoms. The van der Waals surface area contributed by atoms with Crippen LogP contribution >= 0.6 is 0 Å². The number of primary sulfonamides is 1. The lowest BCUT2D eigenvalue weighted by molar-refractivity contribution is 0.0959. The van der Waals surface area contributed by atoms with Gasteiger partial charge in [-0.25, -0.2) is 18.5 Å². The van der Waals surface area contributed by atoms with Crippen molar-refractivity contribution in [2.75, 3.05) is 7.05 Å². The van der Waals surface area contributed by atoms with Crippen LogP contribution in [0.25, 0.3) is 0 Å². The molecule has 15 heavy (non-hydrogen) atoms. The number of amides is 1. The Labute approximate surface area is 87.6 Å². The van der Waals surface area contributed by atoms with E-state index in [-0.39, 0.29) is 5.56 Å². The van der Waals surface area contributed by atoms with Crippen molar-refractivity contribution < 1.29 is 13.2 Å². The number of hydrogen-bond acceptors (Lipinski definition) is 4. The summed E-state index contributed by atoms with van der Waals surface area (Å²) in [4.78, 5) is 15.1. The molecule has 0 atom stereocenters. The van der Waals surface area contributed by atoms with Crippen molar-refractivity contribution in [2.45, 2.75) is 11.9 Å². The molecule has 0 saturated heterocycles. The lowest BCUT2D eigenvalue weighted by Crippen LogP contribution is -2.24. The molecule has 0 aromatic carbocycles. The lowest BCUT2D eigenvalue weighted by Gasteiger charge is -2.05. The molecule has 0 aliphatic carbocycles. The molecule has 7 heteroatoms. The van der Waals surface area contributed by atoms with Gasteiger partial charge >= 0.3 is 0 Å². The highest BCUT2D eigenvalue weighted by Gasteiger charge is 2.20. The van der Waals surface area contributed by atoms with Crippen LogP contribution in [0.2, 0.25) is 0 Å². The van der Waals surface area contributed by atoms with Crippen molar-refractivity contribution >= 4 is 15.9 Å². The number of aromatic nitrogens is 1. The highest BCUT2D eigenvalue weighted by atomic mass is 32.2. The van der Waals surface area contributed by atoms with Gasteiger partial charge in [-0.15, -0.1) is 0 Å². The topological polar surface area (TPSA) is 102 Å². The fraction of sp³-hybridized carbons (Fsp3) is 0.250. The van der Waals surface area contributed by atoms with Gasteiger partial charge in [0, 0.05) is 12.7 Å². The fourth-order valence-corrected chi connectivity index (χ4v) is 1.80. The predicted octanol–water partition coefficient (Wildman–Crippen LogP) is -0.603. The lowest BCUT2D eigenvalue weighted by atomic mass is 10.2. The van der Waals surface area contributed by atoms with Gasteiger partial charge < -0.3 is 5.32 Å². The van der Waals surface area contributed by atoms with Gasteiger partial charge in [0.15, 0.2) is 5.03 Å². The third kappa shape index (κ3) is 2.51. The third-order valence-electron chi connectivity index (χ3n) is 1.74. The summed E-state index contributed by atoms with van der Waals surface area (Å²) in [5.41, 5.74) is 0.428. The second-order valence-corrected chi connectivity index (χ2v) is 4.41. The Morgan fingerprint density at radius 1 is 1.47 bits per heavy atom. The summed E-state index contributed by atoms with van der Waals surface area (Å²) in [5.74, 6) is -0.536. The number of nitrogens with zero attached hydrogens (tertiary/aromatic N) is 1. The summed E-state index contributed by atoms with van der Waals surface area (Å²) >= 11 is 0. The molecule has 0 radical (unpaired) electrons. The maximum Gasteiger partial charge on any atom is 0.256 e. The molecule has 1 aromatic rings. The molecule has 1 heterocycles. The highest BCUT2D eigenvalue weighted by molar-refractivity contribution is 7.89. The number of pyridine rings is 1. The molecular weight excluding hydrogens is 218 g/mol. The summed E-state index contributed by atoms with van der Waals surface area (Å²) in [6.07, 6.45) is 0. The molecule has 3 N–H and O–H groups in total. The SMILES string of the molecule is CNC(=O)c1ccc(C)nc1S(N)(=O)=O. The van der Waals surface area contributed by atoms with E-state index in [4.69, 9.17) is 5.14 Å². The molecule has 0 aliphatic rings. The minimum Gasteiger partial charge on any atom is -0.355 e. The Balaban J connectivity index is 3.47. The Kier molecular flexibility index (Phi) is 3.06. The van der Waals surface area contributed by atoms with Crippen LogP contribution in [0.1, 0.15) is 16.1 Å². The predicted molar refractivity (Wildman–Crippen MR) is 53.7 cm³/mol. The van der Waals surface area contributed by atoms with Crippen LogP contribution in [0, 0.1) is 6.92 Å². The van der Waals surface area contributed by atoms with E-state index in [2.05, 4.69) is 10.3 Å². The van der Waals surface area contributed by atoms with Gasteiger partial charge in [-0.2, -0.15) is 0 Å². The summed E-state index contributed by atoms with van der Waals surface area (Å²) in [5, 5.41) is 6.86. The van der Waals surface area contributed by atoms with Crippen LogP contribution < -0.4 is 10.5 Å². The monoisotopic (exact) mass is 229 g/mol. The first-order chi connectivity index (χ1) is 6.86. The molecule has 82 valence electrons. The minimum atomic E-state index is -3.98. The summed E-state index contributed by atoms with van der Waals surface area (Å²) in [7, 11) is -2.59. The third-order valence-corrected chi connectivity index (χ3v) is 2.59. The smallest absolute Gasteiger partial charge is 0.256 e. The zero-order chi connectivity index (χ0) is 11.6. The van der Waals surface area contributed by atoms with Crippen LogP contribution in [0.4, 0.5) is 0 Å². The normalized spacial score (nSPS) is 11.1. The first-order valence-electron chi connectivity index (χ1n) is 4.09. The number of sulfonamides is 1. The Hall–Kier alpha value is -1.47. The molecule has 0 saturated carbocycles. The van der Waals surface area contributed by atoms with E-state index < -0.39 is 21.0 Å². The first-order valence-corrected chi connectivity index (χ1v) is 5.63. The van der Waals surface area contributed by atoms with Crippen molar-refractivity contribution in [2.24, 2.45) is 5.14 Å². The van der Waals surface area contributed by atoms with E-state index in [0.717, 1.165) is 0 Å². The molecule has 0 spiro atoms. The number of nitrogens with two attached hydrogens (primary N) is 1. The van der Waals surface area contributed by atoms with E-state index >= 15 is 0 Å². The molecule has 0 fully saturated rings. The van der Waals surface area contributed by atoms with Crippen molar-refractivity contribution in [1.29, 1.82) is 0 Å². The zero-order valence-electron chi connectivity index (χ0n) is 8.31. The van der Waals surface area contributed by atoms with Crippen molar-refractivity contribution in [3.63, 3.8) is 0 Å². The number of aryl methyl sites for hydroxylation is 1. The summed E-state index contributed by atoms with van der Waals surface area (Å²) < 4.78 is 22.3. The Morgan fingerprint density at radius 3 is 2.53 bits per heavy atom. The maximum atomic E-state index is 11.3. The van der Waals surface area contributed by atoms with Crippen molar-refractivity contribution in [3.8, 4) is 0 Å². The number of hydrogen-bond donors (Lipinski definition) is 2. The number of carbonyl (C=O) groups is 1. The largest absolute Gasteiger partial charge is 0.355 e. The highest BCUT2D eigenvalue weighted by Crippen LogP contribution is 2.11. The number of carbonyl (C=O) groups excluding carboxylic acids is 1. The van der Waals surface area contributed by atoms with Gasteiger partial charge in [0.1, 0.15) is 0 Å². The molecule has 6 nitrogen and oxygen atoms in total. The van der Waals surface area contributed by atoms with Crippen LogP contribution in [0.3, 0.4) is 0 Å². The molecule has 1 amide bonds. The van der Waals surface area contributed by atoms with E-state index in [1.807, 2.05) is 0 Å². The Morgan fingerprint density at radius 2 is 2.07 bits per heavy atom. The van der Waals surface area contributed by atoms with E-state index in [0.29, 0.717) is 5.69 Å². The number of nitrogens with one attached hydrogen (secondary N) is 1. The van der Waals surface area contributed by atoms with Crippen molar-refractivity contribution in [3.05, 3.63) is 23.4 Å². The van der Waals surface area contributed by atoms with Crippen molar-refractivity contribution in [1.82, 2.24) is 10.3 Å². The summed E-state index contributed by atoms with van der Waals surface area (Å²) in [6, 6.07) is 2.92. The van der Waals surface area contributed by atoms with E-state index in [9.17, 15) is 13.2 Å². The average molecular weight is 229 g/mol. The van der Waals surface area contributed by atoms with Crippen LogP contribution in [-0.4, -0.2) is 26.4 Å². The number of rotatable bonds is 2. The maximum absolute atomic E-state index is 11.3. The van der Waals surface area contributed by atoms with Crippen LogP contribution in [0.5, 0.6) is 0 Å². The van der Waals surface area contributed by atoms with Crippen LogP contribution in [-0.2, 0) is 10.0 Å². The first kappa shape index (κ1) is 11.6. The van der Waals surface area contributed by atoms with Gasteiger partial charge in [0.25, 0.3) is 15.9 Å². The van der Waals surface area contributed by atoms with Gasteiger partial charge in [0.2, 0.25) is 0 Å². The molecule has 0 unspecified atom stereocenters. The summed E-state index contributed by atoms with van der Waals surface area (Å²) in [6.45, 7) is 1.61. The molecule has 1 aromatic heterocycles. The molecule has 1 rings (SSSR count). The zero-order valence-corrected chi connectivity index (χ0v) is 9.13. The van der Waals surface area contributed by atoms with Gasteiger partial charge in [-0.3, -0.25) is 4.79 Å². The van der Waals surface area contributed by atoms with E-state index in [1.54, 1.807) is 13.0 Å². The fourth-order valence-electron chi connectivity index (χ4n) is 1.06. The second-order valence-electron chi connectivity index (χ2n) is 2.93. The average Bonchev–Trinajstić information content (AvgIpc) is 2.15. The quantitative estimate of drug-likeness (QED) is 0.706. The minimum absolute atomic E-state index is 0.0504. The van der Waals surface area contributed by atoms with Gasteiger partial charge in [-0.05, 0) is 19.1 Å². The molecular formula is C8H11N3O3S. The van der Waals surface area contributed by atoms with Gasteiger partial charge in [0.05, 0.1) is 5.56 Å². The second kappa shape index (κ2) is 3.95.